The highest BCUT2D eigenvalue weighted by Gasteiger charge is 2.45. The number of benzene rings is 2. The van der Waals surface area contributed by atoms with Crippen molar-refractivity contribution in [1.29, 1.82) is 0 Å². The lowest BCUT2D eigenvalue weighted by Crippen LogP contribution is -2.31. The molecule has 2 unspecified atom stereocenters. The zero-order chi connectivity index (χ0) is 14.5. The van der Waals surface area contributed by atoms with E-state index in [1.165, 1.54) is 0 Å². The summed E-state index contributed by atoms with van der Waals surface area (Å²) in [7, 11) is 0. The third kappa shape index (κ3) is 1.94. The molecule has 4 rings (SSSR count). The van der Waals surface area contributed by atoms with Crippen LogP contribution < -0.4 is 0 Å². The number of hydrogen-bond acceptors (Lipinski definition) is 2. The second-order valence-electron chi connectivity index (χ2n) is 5.23. The van der Waals surface area contributed by atoms with Crippen molar-refractivity contribution < 1.29 is 0 Å². The van der Waals surface area contributed by atoms with Crippen molar-refractivity contribution in [1.82, 2.24) is 0 Å². The van der Waals surface area contributed by atoms with Crippen LogP contribution in [0, 0.1) is 6.42 Å². The van der Waals surface area contributed by atoms with Gasteiger partial charge in [-0.15, -0.1) is 23.2 Å². The average molecular weight is 314 g/mol. The number of halogens is 2. The Labute approximate surface area is 133 Å². The molecule has 0 amide bonds. The SMILES string of the molecule is ClC1([CH]C2(Cl)C=Nc3ccccc32)C=Nc2ccccc21. The predicted molar refractivity (Wildman–Crippen MR) is 88.6 cm³/mol. The molecule has 103 valence electrons. The maximum Gasteiger partial charge on any atom is 0.112 e. The molecule has 2 aliphatic heterocycles. The van der Waals surface area contributed by atoms with Crippen LogP contribution in [0.1, 0.15) is 11.1 Å². The van der Waals surface area contributed by atoms with Gasteiger partial charge in [-0.1, -0.05) is 36.4 Å². The molecule has 2 aromatic rings. The second kappa shape index (κ2) is 4.43. The zero-order valence-corrected chi connectivity index (χ0v) is 12.5. The summed E-state index contributed by atoms with van der Waals surface area (Å²) in [4.78, 5) is 7.15. The minimum Gasteiger partial charge on any atom is -0.259 e. The topological polar surface area (TPSA) is 24.7 Å². The normalized spacial score (nSPS) is 28.7. The smallest absolute Gasteiger partial charge is 0.112 e. The molecule has 0 fully saturated rings. The van der Waals surface area contributed by atoms with E-state index in [0.29, 0.717) is 0 Å². The summed E-state index contributed by atoms with van der Waals surface area (Å²) in [5, 5.41) is 0. The number of fused-ring (bicyclic) bond motifs is 2. The van der Waals surface area contributed by atoms with Crippen LogP contribution in [0.2, 0.25) is 0 Å². The van der Waals surface area contributed by atoms with Crippen molar-refractivity contribution in [2.45, 2.75) is 9.75 Å². The van der Waals surface area contributed by atoms with Gasteiger partial charge in [0, 0.05) is 30.0 Å². The number of alkyl halides is 2. The first-order chi connectivity index (χ1) is 10.1. The fourth-order valence-corrected chi connectivity index (χ4v) is 3.64. The van der Waals surface area contributed by atoms with E-state index >= 15 is 0 Å². The molecule has 21 heavy (non-hydrogen) atoms. The lowest BCUT2D eigenvalue weighted by molar-refractivity contribution is 0.838. The van der Waals surface area contributed by atoms with Gasteiger partial charge in [0.2, 0.25) is 0 Å². The fourth-order valence-electron chi connectivity index (χ4n) is 2.82. The van der Waals surface area contributed by atoms with Gasteiger partial charge in [-0.05, 0) is 12.1 Å². The standard InChI is InChI=1S/C17H11Cl2N2/c18-16(10-20-14-7-3-1-5-12(14)16)9-17(19)11-21-15-8-4-2-6-13(15)17/h1-11H. The Morgan fingerprint density at radius 1 is 0.714 bits per heavy atom. The van der Waals surface area contributed by atoms with E-state index in [1.54, 1.807) is 12.4 Å². The number of rotatable bonds is 2. The van der Waals surface area contributed by atoms with Crippen LogP contribution in [-0.4, -0.2) is 12.4 Å². The van der Waals surface area contributed by atoms with Gasteiger partial charge < -0.3 is 0 Å². The van der Waals surface area contributed by atoms with Crippen LogP contribution in [0.4, 0.5) is 11.4 Å². The molecule has 0 bridgehead atoms. The maximum atomic E-state index is 6.79. The first-order valence-electron chi connectivity index (χ1n) is 6.65. The average Bonchev–Trinajstić information content (AvgIpc) is 3.00. The molecule has 0 N–H and O–H groups in total. The Morgan fingerprint density at radius 3 is 1.62 bits per heavy atom. The van der Waals surface area contributed by atoms with E-state index in [2.05, 4.69) is 9.98 Å². The Kier molecular flexibility index (Phi) is 2.75. The van der Waals surface area contributed by atoms with Gasteiger partial charge in [-0.3, -0.25) is 9.98 Å². The molecule has 2 atom stereocenters. The van der Waals surface area contributed by atoms with Gasteiger partial charge in [0.15, 0.2) is 0 Å². The van der Waals surface area contributed by atoms with Crippen LogP contribution in [0.25, 0.3) is 0 Å². The van der Waals surface area contributed by atoms with Crippen molar-refractivity contribution in [2.75, 3.05) is 0 Å². The van der Waals surface area contributed by atoms with E-state index in [-0.39, 0.29) is 0 Å². The summed E-state index contributed by atoms with van der Waals surface area (Å²) >= 11 is 13.6. The van der Waals surface area contributed by atoms with Gasteiger partial charge in [0.25, 0.3) is 0 Å². The molecule has 0 aromatic heterocycles. The van der Waals surface area contributed by atoms with Crippen LogP contribution in [0.3, 0.4) is 0 Å². The monoisotopic (exact) mass is 313 g/mol. The van der Waals surface area contributed by atoms with Crippen molar-refractivity contribution in [3.8, 4) is 0 Å². The van der Waals surface area contributed by atoms with E-state index in [0.717, 1.165) is 22.5 Å². The van der Waals surface area contributed by atoms with E-state index in [4.69, 9.17) is 23.2 Å². The third-order valence-corrected chi connectivity index (χ3v) is 4.66. The Hall–Kier alpha value is -1.64. The number of hydrogen-bond donors (Lipinski definition) is 0. The Morgan fingerprint density at radius 2 is 1.14 bits per heavy atom. The number of nitrogens with zero attached hydrogens (tertiary/aromatic N) is 2. The Balaban J connectivity index is 1.75. The first kappa shape index (κ1) is 13.1. The van der Waals surface area contributed by atoms with Gasteiger partial charge in [-0.2, -0.15) is 0 Å². The number of para-hydroxylation sites is 2. The van der Waals surface area contributed by atoms with Crippen LogP contribution in [-0.2, 0) is 9.75 Å². The lowest BCUT2D eigenvalue weighted by Gasteiger charge is -2.28. The molecular weight excluding hydrogens is 303 g/mol. The summed E-state index contributed by atoms with van der Waals surface area (Å²) in [6.07, 6.45) is 5.37. The van der Waals surface area contributed by atoms with Gasteiger partial charge in [0.1, 0.15) is 9.75 Å². The van der Waals surface area contributed by atoms with Gasteiger partial charge >= 0.3 is 0 Å². The van der Waals surface area contributed by atoms with Crippen LogP contribution in [0.15, 0.2) is 58.5 Å². The largest absolute Gasteiger partial charge is 0.259 e. The van der Waals surface area contributed by atoms with Crippen LogP contribution in [0.5, 0.6) is 0 Å². The molecule has 0 saturated carbocycles. The van der Waals surface area contributed by atoms with Gasteiger partial charge in [-0.25, -0.2) is 0 Å². The van der Waals surface area contributed by atoms with Gasteiger partial charge in [0.05, 0.1) is 11.4 Å². The first-order valence-corrected chi connectivity index (χ1v) is 7.41. The summed E-state index contributed by atoms with van der Waals surface area (Å²) < 4.78 is 0. The van der Waals surface area contributed by atoms with Crippen molar-refractivity contribution in [2.24, 2.45) is 9.98 Å². The summed E-state index contributed by atoms with van der Waals surface area (Å²) in [6.45, 7) is 0. The summed E-state index contributed by atoms with van der Waals surface area (Å²) in [5.41, 5.74) is 3.66. The molecule has 0 aliphatic carbocycles. The highest BCUT2D eigenvalue weighted by Crippen LogP contribution is 2.51. The zero-order valence-electron chi connectivity index (χ0n) is 11.0. The lowest BCUT2D eigenvalue weighted by atomic mass is 9.86. The molecule has 2 aromatic carbocycles. The minimum atomic E-state index is -0.818. The highest BCUT2D eigenvalue weighted by molar-refractivity contribution is 6.40. The van der Waals surface area contributed by atoms with E-state index < -0.39 is 9.75 Å². The molecule has 2 nitrogen and oxygen atoms in total. The predicted octanol–water partition coefficient (Wildman–Crippen LogP) is 4.89. The quantitative estimate of drug-likeness (QED) is 0.705. The highest BCUT2D eigenvalue weighted by atomic mass is 35.5. The fraction of sp³-hybridized carbons (Fsp3) is 0.118. The van der Waals surface area contributed by atoms with E-state index in [1.807, 2.05) is 55.0 Å². The molecule has 1 radical (unpaired) electrons. The Bertz CT molecular complexity index is 718. The molecule has 2 aliphatic rings. The third-order valence-electron chi connectivity index (χ3n) is 3.84. The maximum absolute atomic E-state index is 6.79. The molecule has 4 heteroatoms. The summed E-state index contributed by atoms with van der Waals surface area (Å²) in [6, 6.07) is 15.6. The molecular formula is C17H11Cl2N2. The molecule has 0 spiro atoms. The molecule has 2 heterocycles. The van der Waals surface area contributed by atoms with Crippen molar-refractivity contribution in [3.05, 3.63) is 66.1 Å². The minimum absolute atomic E-state index is 0.818. The van der Waals surface area contributed by atoms with Crippen molar-refractivity contribution in [3.63, 3.8) is 0 Å². The molecule has 0 saturated heterocycles. The number of aliphatic imine (C=N–C) groups is 2. The van der Waals surface area contributed by atoms with Crippen LogP contribution >= 0.6 is 23.2 Å². The van der Waals surface area contributed by atoms with Crippen molar-refractivity contribution >= 4 is 47.0 Å². The summed E-state index contributed by atoms with van der Waals surface area (Å²) in [5.74, 6) is 0. The van der Waals surface area contributed by atoms with E-state index in [9.17, 15) is 0 Å². The second-order valence-corrected chi connectivity index (χ2v) is 6.48.